The molecule has 0 bridgehead atoms. The maximum atomic E-state index is 13.7. The van der Waals surface area contributed by atoms with Gasteiger partial charge in [-0.25, -0.2) is 4.79 Å². The standard InChI is InChI=1S/C23H19F3N2O4S2/c1-2-28-15(12-31-22(28)30)9-13-3-6-16(7-4-13)32-18-8-5-14(10-17(18)23(24,25)26)11-19-20(29)27-21(33)34-19/h3-10,19H,2,11-12H2,1H3,(H,27,29,33)/b15-9+. The van der Waals surface area contributed by atoms with Crippen LogP contribution in [0.25, 0.3) is 6.08 Å². The smallest absolute Gasteiger partial charge is 0.419 e. The van der Waals surface area contributed by atoms with Gasteiger partial charge >= 0.3 is 12.3 Å². The summed E-state index contributed by atoms with van der Waals surface area (Å²) in [5.74, 6) is -0.426. The Hall–Kier alpha value is -3.05. The number of benzene rings is 2. The number of rotatable bonds is 6. The third-order valence-corrected chi connectivity index (χ3v) is 6.58. The number of cyclic esters (lactones) is 1. The number of nitrogens with zero attached hydrogens (tertiary/aromatic N) is 1. The lowest BCUT2D eigenvalue weighted by Crippen LogP contribution is -2.25. The van der Waals surface area contributed by atoms with Crippen LogP contribution in [0.2, 0.25) is 0 Å². The normalized spacial score (nSPS) is 19.5. The number of amides is 2. The van der Waals surface area contributed by atoms with E-state index in [-0.39, 0.29) is 30.4 Å². The molecule has 0 spiro atoms. The van der Waals surface area contributed by atoms with Gasteiger partial charge in [0.1, 0.15) is 22.4 Å². The molecule has 178 valence electrons. The van der Waals surface area contributed by atoms with E-state index >= 15 is 0 Å². The number of thioether (sulfide) groups is 1. The number of nitrogens with one attached hydrogen (secondary N) is 1. The molecule has 0 radical (unpaired) electrons. The van der Waals surface area contributed by atoms with E-state index in [0.29, 0.717) is 22.1 Å². The number of hydrogen-bond donors (Lipinski definition) is 1. The number of likely N-dealkylation sites (N-methyl/N-ethyl adjacent to an activating group) is 1. The molecule has 1 N–H and O–H groups in total. The number of hydrogen-bond acceptors (Lipinski definition) is 6. The van der Waals surface area contributed by atoms with Crippen molar-refractivity contribution < 1.29 is 32.2 Å². The Kier molecular flexibility index (Phi) is 6.85. The summed E-state index contributed by atoms with van der Waals surface area (Å²) in [5.41, 5.74) is 0.872. The van der Waals surface area contributed by atoms with Gasteiger partial charge in [0.2, 0.25) is 5.91 Å². The molecule has 6 nitrogen and oxygen atoms in total. The molecule has 1 unspecified atom stereocenters. The van der Waals surface area contributed by atoms with Crippen LogP contribution in [0.1, 0.15) is 23.6 Å². The summed E-state index contributed by atoms with van der Waals surface area (Å²) < 4.78 is 52.1. The predicted octanol–water partition coefficient (Wildman–Crippen LogP) is 5.37. The van der Waals surface area contributed by atoms with Crippen LogP contribution >= 0.6 is 24.0 Å². The number of carbonyl (C=O) groups is 2. The van der Waals surface area contributed by atoms with Gasteiger partial charge in [-0.15, -0.1) is 0 Å². The Labute approximate surface area is 203 Å². The second kappa shape index (κ2) is 9.67. The molecule has 2 aliphatic heterocycles. The summed E-state index contributed by atoms with van der Waals surface area (Å²) in [6.07, 6.45) is -3.16. The Bertz CT molecular complexity index is 1170. The molecule has 2 aliphatic rings. The van der Waals surface area contributed by atoms with E-state index in [4.69, 9.17) is 21.7 Å². The zero-order valence-corrected chi connectivity index (χ0v) is 19.5. The average Bonchev–Trinajstić information content (AvgIpc) is 3.29. The van der Waals surface area contributed by atoms with E-state index < -0.39 is 23.1 Å². The van der Waals surface area contributed by atoms with E-state index in [0.717, 1.165) is 23.4 Å². The fraction of sp³-hybridized carbons (Fsp3) is 0.261. The van der Waals surface area contributed by atoms with E-state index in [1.54, 1.807) is 30.3 Å². The zero-order chi connectivity index (χ0) is 24.5. The van der Waals surface area contributed by atoms with Gasteiger partial charge < -0.3 is 14.8 Å². The number of alkyl halides is 3. The van der Waals surface area contributed by atoms with E-state index in [1.807, 2.05) is 6.92 Å². The van der Waals surface area contributed by atoms with Crippen molar-refractivity contribution in [1.82, 2.24) is 10.2 Å². The maximum absolute atomic E-state index is 13.7. The first-order valence-corrected chi connectivity index (χ1v) is 11.6. The van der Waals surface area contributed by atoms with Gasteiger partial charge in [-0.1, -0.05) is 42.2 Å². The number of thiocarbonyl (C=S) groups is 1. The van der Waals surface area contributed by atoms with Crippen molar-refractivity contribution in [3.63, 3.8) is 0 Å². The second-order valence-electron chi connectivity index (χ2n) is 7.52. The molecule has 4 rings (SSSR count). The molecule has 0 aliphatic carbocycles. The Morgan fingerprint density at radius 1 is 1.24 bits per heavy atom. The lowest BCUT2D eigenvalue weighted by molar-refractivity contribution is -0.138. The van der Waals surface area contributed by atoms with Crippen molar-refractivity contribution in [1.29, 1.82) is 0 Å². The van der Waals surface area contributed by atoms with Crippen LogP contribution in [0.4, 0.5) is 18.0 Å². The maximum Gasteiger partial charge on any atom is 0.419 e. The SMILES string of the molecule is CCN1C(=O)OC/C1=C\c1ccc(Oc2ccc(CC3SC(=S)NC3=O)cc2C(F)(F)F)cc1. The molecule has 2 aromatic rings. The molecule has 2 heterocycles. The average molecular weight is 509 g/mol. The first-order valence-electron chi connectivity index (χ1n) is 10.3. The van der Waals surface area contributed by atoms with Crippen LogP contribution in [0, 0.1) is 0 Å². The van der Waals surface area contributed by atoms with Gasteiger partial charge in [0, 0.05) is 6.54 Å². The van der Waals surface area contributed by atoms with Crippen LogP contribution < -0.4 is 10.1 Å². The van der Waals surface area contributed by atoms with Gasteiger partial charge in [-0.3, -0.25) is 9.69 Å². The topological polar surface area (TPSA) is 67.9 Å². The third kappa shape index (κ3) is 5.36. The van der Waals surface area contributed by atoms with Crippen LogP contribution in [0.3, 0.4) is 0 Å². The van der Waals surface area contributed by atoms with Crippen molar-refractivity contribution >= 4 is 46.4 Å². The molecule has 2 fully saturated rings. The minimum absolute atomic E-state index is 0.115. The van der Waals surface area contributed by atoms with Crippen molar-refractivity contribution in [3.05, 3.63) is 64.9 Å². The zero-order valence-electron chi connectivity index (χ0n) is 17.8. The molecule has 1 atom stereocenters. The lowest BCUT2D eigenvalue weighted by atomic mass is 10.0. The van der Waals surface area contributed by atoms with Crippen LogP contribution in [0.5, 0.6) is 11.5 Å². The van der Waals surface area contributed by atoms with Gasteiger partial charge in [0.25, 0.3) is 0 Å². The Morgan fingerprint density at radius 3 is 2.59 bits per heavy atom. The lowest BCUT2D eigenvalue weighted by Gasteiger charge is -2.16. The fourth-order valence-corrected chi connectivity index (χ4v) is 4.88. The van der Waals surface area contributed by atoms with Crippen molar-refractivity contribution in [2.24, 2.45) is 0 Å². The Morgan fingerprint density at radius 2 is 1.97 bits per heavy atom. The molecule has 0 saturated carbocycles. The van der Waals surface area contributed by atoms with E-state index in [9.17, 15) is 22.8 Å². The van der Waals surface area contributed by atoms with E-state index in [2.05, 4.69) is 5.32 Å². The highest BCUT2D eigenvalue weighted by molar-refractivity contribution is 8.24. The number of ether oxygens (including phenoxy) is 2. The third-order valence-electron chi connectivity index (χ3n) is 5.21. The van der Waals surface area contributed by atoms with Crippen LogP contribution in [-0.2, 0) is 22.1 Å². The van der Waals surface area contributed by atoms with Crippen molar-refractivity contribution in [2.75, 3.05) is 13.2 Å². The van der Waals surface area contributed by atoms with Gasteiger partial charge in [-0.05, 0) is 54.8 Å². The summed E-state index contributed by atoms with van der Waals surface area (Å²) in [4.78, 5) is 25.0. The summed E-state index contributed by atoms with van der Waals surface area (Å²) in [5, 5.41) is 1.93. The highest BCUT2D eigenvalue weighted by Crippen LogP contribution is 2.39. The van der Waals surface area contributed by atoms with Crippen LogP contribution in [0.15, 0.2) is 48.2 Å². The molecule has 2 amide bonds. The Balaban J connectivity index is 1.52. The van der Waals surface area contributed by atoms with Gasteiger partial charge in [-0.2, -0.15) is 13.2 Å². The summed E-state index contributed by atoms with van der Waals surface area (Å²) >= 11 is 6.06. The summed E-state index contributed by atoms with van der Waals surface area (Å²) in [6.45, 7) is 2.47. The summed E-state index contributed by atoms with van der Waals surface area (Å²) in [7, 11) is 0. The molecule has 34 heavy (non-hydrogen) atoms. The van der Waals surface area contributed by atoms with Gasteiger partial charge in [0.15, 0.2) is 0 Å². The molecular formula is C23H19F3N2O4S2. The molecule has 2 saturated heterocycles. The fourth-order valence-electron chi connectivity index (χ4n) is 3.57. The molecule has 2 aromatic carbocycles. The van der Waals surface area contributed by atoms with Crippen molar-refractivity contribution in [2.45, 2.75) is 24.8 Å². The summed E-state index contributed by atoms with van der Waals surface area (Å²) in [6, 6.07) is 10.2. The second-order valence-corrected chi connectivity index (χ2v) is 9.40. The molecule has 11 heteroatoms. The van der Waals surface area contributed by atoms with Gasteiger partial charge in [0.05, 0.1) is 16.5 Å². The predicted molar refractivity (Wildman–Crippen MR) is 125 cm³/mol. The highest BCUT2D eigenvalue weighted by Gasteiger charge is 2.36. The first-order chi connectivity index (χ1) is 16.1. The largest absolute Gasteiger partial charge is 0.457 e. The van der Waals surface area contributed by atoms with Crippen LogP contribution in [-0.4, -0.2) is 39.6 Å². The first kappa shape index (κ1) is 24.1. The van der Waals surface area contributed by atoms with E-state index in [1.165, 1.54) is 17.0 Å². The molecular weight excluding hydrogens is 489 g/mol. The minimum Gasteiger partial charge on any atom is -0.457 e. The highest BCUT2D eigenvalue weighted by atomic mass is 32.2. The number of carbonyl (C=O) groups excluding carboxylic acids is 2. The van der Waals surface area contributed by atoms with Crippen molar-refractivity contribution in [3.8, 4) is 11.5 Å². The quantitative estimate of drug-likeness (QED) is 0.530. The number of halogens is 3. The molecule has 0 aromatic heterocycles. The monoisotopic (exact) mass is 508 g/mol. The minimum atomic E-state index is -4.64.